The van der Waals surface area contributed by atoms with Gasteiger partial charge in [-0.1, -0.05) is 11.6 Å². The van der Waals surface area contributed by atoms with Crippen LogP contribution in [0.15, 0.2) is 23.1 Å². The van der Waals surface area contributed by atoms with Crippen LogP contribution in [0, 0.1) is 22.0 Å². The SMILES string of the molecule is N#CSc1c(C#N)nn(-c2ccc(C(F)(F)F)cc2Cl)c1N. The molecule has 1 aromatic heterocycles. The highest BCUT2D eigenvalue weighted by atomic mass is 35.5. The summed E-state index contributed by atoms with van der Waals surface area (Å²) in [6.45, 7) is 0. The number of halogens is 4. The molecule has 0 aliphatic carbocycles. The number of aromatic nitrogens is 2. The Hall–Kier alpha value is -2.36. The first-order valence-electron chi connectivity index (χ1n) is 5.51. The third kappa shape index (κ3) is 2.82. The lowest BCUT2D eigenvalue weighted by molar-refractivity contribution is -0.137. The van der Waals surface area contributed by atoms with Gasteiger partial charge in [-0.3, -0.25) is 0 Å². The second-order valence-corrected chi connectivity index (χ2v) is 5.15. The van der Waals surface area contributed by atoms with E-state index in [1.54, 1.807) is 11.5 Å². The summed E-state index contributed by atoms with van der Waals surface area (Å²) in [5, 5.41) is 23.0. The molecule has 112 valence electrons. The highest BCUT2D eigenvalue weighted by molar-refractivity contribution is 8.04. The number of thiocyanates is 1. The predicted molar refractivity (Wildman–Crippen MR) is 74.2 cm³/mol. The molecule has 0 fully saturated rings. The van der Waals surface area contributed by atoms with Crippen molar-refractivity contribution in [3.8, 4) is 17.2 Å². The van der Waals surface area contributed by atoms with Gasteiger partial charge in [-0.25, -0.2) is 4.68 Å². The van der Waals surface area contributed by atoms with E-state index in [1.165, 1.54) is 0 Å². The molecular weight excluding hydrogens is 339 g/mol. The van der Waals surface area contributed by atoms with Crippen LogP contribution < -0.4 is 5.73 Å². The molecule has 0 aliphatic rings. The number of nitrogens with zero attached hydrogens (tertiary/aromatic N) is 4. The lowest BCUT2D eigenvalue weighted by atomic mass is 10.2. The quantitative estimate of drug-likeness (QED) is 0.664. The summed E-state index contributed by atoms with van der Waals surface area (Å²) in [5.74, 6) is -0.0511. The van der Waals surface area contributed by atoms with Gasteiger partial charge in [0.1, 0.15) is 22.2 Å². The van der Waals surface area contributed by atoms with Crippen LogP contribution in [-0.2, 0) is 6.18 Å². The minimum atomic E-state index is -4.53. The molecule has 2 aromatic rings. The number of nitriles is 2. The molecule has 0 aliphatic heterocycles. The summed E-state index contributed by atoms with van der Waals surface area (Å²) >= 11 is 6.49. The Kier molecular flexibility index (Phi) is 4.22. The lowest BCUT2D eigenvalue weighted by Gasteiger charge is -2.10. The molecule has 10 heteroatoms. The van der Waals surface area contributed by atoms with Gasteiger partial charge >= 0.3 is 6.18 Å². The van der Waals surface area contributed by atoms with E-state index < -0.39 is 11.7 Å². The molecule has 0 saturated carbocycles. The maximum Gasteiger partial charge on any atom is 0.416 e. The summed E-state index contributed by atoms with van der Waals surface area (Å²) in [6.07, 6.45) is -4.53. The highest BCUT2D eigenvalue weighted by Gasteiger charge is 2.31. The number of rotatable bonds is 2. The zero-order valence-electron chi connectivity index (χ0n) is 10.5. The average Bonchev–Trinajstić information content (AvgIpc) is 2.75. The minimum Gasteiger partial charge on any atom is -0.383 e. The average molecular weight is 344 g/mol. The predicted octanol–water partition coefficient (Wildman–Crippen LogP) is 3.57. The topological polar surface area (TPSA) is 91.4 Å². The Bertz CT molecular complexity index is 816. The molecule has 0 spiro atoms. The number of hydrogen-bond donors (Lipinski definition) is 1. The van der Waals surface area contributed by atoms with E-state index >= 15 is 0 Å². The van der Waals surface area contributed by atoms with Crippen molar-refractivity contribution in [3.63, 3.8) is 0 Å². The standard InChI is InChI=1S/C12H5ClF3N5S/c13-7-3-6(12(14,15)16)1-2-9(7)21-11(19)10(22-5-18)8(4-17)20-21/h1-3H,19H2. The molecule has 0 amide bonds. The number of benzene rings is 1. The Balaban J connectivity index is 2.59. The first-order chi connectivity index (χ1) is 10.3. The third-order valence-corrected chi connectivity index (χ3v) is 3.63. The molecule has 1 aromatic carbocycles. The van der Waals surface area contributed by atoms with Gasteiger partial charge < -0.3 is 5.73 Å². The number of alkyl halides is 3. The van der Waals surface area contributed by atoms with Crippen LogP contribution in [0.5, 0.6) is 0 Å². The first kappa shape index (κ1) is 16.0. The molecule has 0 bridgehead atoms. The smallest absolute Gasteiger partial charge is 0.383 e. The largest absolute Gasteiger partial charge is 0.416 e. The Morgan fingerprint density at radius 1 is 1.32 bits per heavy atom. The minimum absolute atomic E-state index is 0.0511. The lowest BCUT2D eigenvalue weighted by Crippen LogP contribution is -2.07. The second-order valence-electron chi connectivity index (χ2n) is 3.94. The number of thioether (sulfide) groups is 1. The van der Waals surface area contributed by atoms with Gasteiger partial charge in [-0.15, -0.1) is 0 Å². The molecule has 22 heavy (non-hydrogen) atoms. The Morgan fingerprint density at radius 2 is 2.00 bits per heavy atom. The van der Waals surface area contributed by atoms with Crippen molar-refractivity contribution in [1.29, 1.82) is 10.5 Å². The number of anilines is 1. The fourth-order valence-electron chi connectivity index (χ4n) is 1.67. The van der Waals surface area contributed by atoms with Crippen LogP contribution in [0.3, 0.4) is 0 Å². The Morgan fingerprint density at radius 3 is 2.50 bits per heavy atom. The molecule has 2 N–H and O–H groups in total. The highest BCUT2D eigenvalue weighted by Crippen LogP contribution is 2.35. The molecule has 0 saturated heterocycles. The molecule has 0 unspecified atom stereocenters. The first-order valence-corrected chi connectivity index (χ1v) is 6.70. The van der Waals surface area contributed by atoms with Crippen molar-refractivity contribution in [2.75, 3.05) is 5.73 Å². The third-order valence-electron chi connectivity index (χ3n) is 2.63. The van der Waals surface area contributed by atoms with E-state index in [4.69, 9.17) is 27.9 Å². The summed E-state index contributed by atoms with van der Waals surface area (Å²) in [5.41, 5.74) is 4.84. The Labute approximate surface area is 131 Å². The van der Waals surface area contributed by atoms with Gasteiger partial charge in [-0.2, -0.15) is 28.8 Å². The summed E-state index contributed by atoms with van der Waals surface area (Å²) in [6, 6.07) is 4.42. The van der Waals surface area contributed by atoms with Crippen LogP contribution in [0.25, 0.3) is 5.69 Å². The fraction of sp³-hybridized carbons (Fsp3) is 0.0833. The van der Waals surface area contributed by atoms with Gasteiger partial charge in [-0.05, 0) is 30.0 Å². The molecule has 0 atom stereocenters. The van der Waals surface area contributed by atoms with E-state index in [2.05, 4.69) is 5.10 Å². The number of hydrogen-bond acceptors (Lipinski definition) is 5. The summed E-state index contributed by atoms with van der Waals surface area (Å²) in [4.78, 5) is 0.126. The zero-order valence-corrected chi connectivity index (χ0v) is 12.1. The summed E-state index contributed by atoms with van der Waals surface area (Å²) in [7, 11) is 0. The van der Waals surface area contributed by atoms with Gasteiger partial charge in [0, 0.05) is 0 Å². The van der Waals surface area contributed by atoms with Crippen LogP contribution in [-0.4, -0.2) is 9.78 Å². The van der Waals surface area contributed by atoms with Crippen LogP contribution >= 0.6 is 23.4 Å². The number of nitrogen functional groups attached to an aromatic ring is 1. The maximum atomic E-state index is 12.6. The molecule has 1 heterocycles. The normalized spacial score (nSPS) is 11.0. The second kappa shape index (κ2) is 5.79. The van der Waals surface area contributed by atoms with Gasteiger partial charge in [0.25, 0.3) is 0 Å². The van der Waals surface area contributed by atoms with Crippen molar-refractivity contribution in [1.82, 2.24) is 9.78 Å². The van der Waals surface area contributed by atoms with Crippen LogP contribution in [0.1, 0.15) is 11.3 Å². The molecular formula is C12H5ClF3N5S. The molecule has 5 nitrogen and oxygen atoms in total. The van der Waals surface area contributed by atoms with Gasteiger partial charge in [0.2, 0.25) is 0 Å². The number of nitrogens with two attached hydrogens (primary N) is 1. The van der Waals surface area contributed by atoms with Crippen LogP contribution in [0.2, 0.25) is 5.02 Å². The molecule has 2 rings (SSSR count). The van der Waals surface area contributed by atoms with Crippen molar-refractivity contribution < 1.29 is 13.2 Å². The van der Waals surface area contributed by atoms with Crippen LogP contribution in [0.4, 0.5) is 19.0 Å². The van der Waals surface area contributed by atoms with E-state index in [0.717, 1.165) is 22.9 Å². The van der Waals surface area contributed by atoms with Crippen molar-refractivity contribution in [2.45, 2.75) is 11.1 Å². The van der Waals surface area contributed by atoms with E-state index in [1.807, 2.05) is 0 Å². The van der Waals surface area contributed by atoms with Crippen molar-refractivity contribution in [2.24, 2.45) is 0 Å². The van der Waals surface area contributed by atoms with E-state index in [-0.39, 0.29) is 27.1 Å². The fourth-order valence-corrected chi connectivity index (χ4v) is 2.40. The van der Waals surface area contributed by atoms with Gasteiger partial charge in [0.05, 0.1) is 16.3 Å². The maximum absolute atomic E-state index is 12.6. The van der Waals surface area contributed by atoms with E-state index in [9.17, 15) is 13.2 Å². The monoisotopic (exact) mass is 343 g/mol. The van der Waals surface area contributed by atoms with Gasteiger partial charge in [0.15, 0.2) is 5.69 Å². The summed E-state index contributed by atoms with van der Waals surface area (Å²) < 4.78 is 38.9. The zero-order chi connectivity index (χ0) is 16.5. The van der Waals surface area contributed by atoms with Crippen molar-refractivity contribution in [3.05, 3.63) is 34.5 Å². The molecule has 0 radical (unpaired) electrons. The van der Waals surface area contributed by atoms with E-state index in [0.29, 0.717) is 11.8 Å². The van der Waals surface area contributed by atoms with Crippen molar-refractivity contribution >= 4 is 29.2 Å².